The first-order valence-corrected chi connectivity index (χ1v) is 10.7. The van der Waals surface area contributed by atoms with Crippen LogP contribution in [-0.2, 0) is 16.6 Å². The summed E-state index contributed by atoms with van der Waals surface area (Å²) in [7, 11) is 0. The van der Waals surface area contributed by atoms with Crippen molar-refractivity contribution in [2.45, 2.75) is 24.6 Å². The highest BCUT2D eigenvalue weighted by Crippen LogP contribution is 2.34. The second-order valence-corrected chi connectivity index (χ2v) is 8.27. The van der Waals surface area contributed by atoms with Crippen molar-refractivity contribution in [1.82, 2.24) is 14.9 Å². The first-order chi connectivity index (χ1) is 16.1. The van der Waals surface area contributed by atoms with Gasteiger partial charge in [0.2, 0.25) is 0 Å². The molecule has 0 radical (unpaired) electrons. The standard InChI is InChI=1S/C24H23F3N4O3/c25-24(26,27)20-7-6-19(14-28-20)30-21-8-3-17(13-29-21)16-1-4-18(5-2-16)23(34)9-11-31(12-10-23)15-22(32)33/h1-8,13-14,34H,9-12,15H2,(H,29,30)(H,32,33). The minimum Gasteiger partial charge on any atom is -0.480 e. The zero-order valence-corrected chi connectivity index (χ0v) is 18.1. The molecule has 3 N–H and O–H groups in total. The Hall–Kier alpha value is -3.50. The molecular formula is C24H23F3N4O3. The predicted molar refractivity (Wildman–Crippen MR) is 119 cm³/mol. The second kappa shape index (κ2) is 9.40. The lowest BCUT2D eigenvalue weighted by Crippen LogP contribution is -2.44. The number of anilines is 2. The van der Waals surface area contributed by atoms with Crippen molar-refractivity contribution >= 4 is 17.5 Å². The van der Waals surface area contributed by atoms with Gasteiger partial charge in [-0.2, -0.15) is 13.2 Å². The van der Waals surface area contributed by atoms with Crippen molar-refractivity contribution in [1.29, 1.82) is 0 Å². The average Bonchev–Trinajstić information content (AvgIpc) is 2.81. The van der Waals surface area contributed by atoms with E-state index in [1.807, 2.05) is 35.2 Å². The molecule has 0 aliphatic carbocycles. The number of carboxylic acids is 1. The fourth-order valence-corrected chi connectivity index (χ4v) is 3.96. The third-order valence-electron chi connectivity index (χ3n) is 5.89. The SMILES string of the molecule is O=C(O)CN1CCC(O)(c2ccc(-c3ccc(Nc4ccc(C(F)(F)F)nc4)nc3)cc2)CC1. The van der Waals surface area contributed by atoms with E-state index in [9.17, 15) is 23.1 Å². The smallest absolute Gasteiger partial charge is 0.433 e. The Morgan fingerprint density at radius 2 is 1.65 bits per heavy atom. The lowest BCUT2D eigenvalue weighted by Gasteiger charge is -2.38. The van der Waals surface area contributed by atoms with Gasteiger partial charge in [-0.05, 0) is 48.2 Å². The number of aliphatic carboxylic acids is 1. The minimum absolute atomic E-state index is 0.0255. The van der Waals surface area contributed by atoms with Crippen LogP contribution in [0.15, 0.2) is 60.9 Å². The van der Waals surface area contributed by atoms with Crippen LogP contribution in [0.25, 0.3) is 11.1 Å². The molecule has 178 valence electrons. The average molecular weight is 472 g/mol. The van der Waals surface area contributed by atoms with E-state index in [-0.39, 0.29) is 6.54 Å². The molecule has 1 aromatic carbocycles. The Morgan fingerprint density at radius 1 is 0.971 bits per heavy atom. The molecule has 0 spiro atoms. The van der Waals surface area contributed by atoms with Crippen molar-refractivity contribution < 1.29 is 28.2 Å². The van der Waals surface area contributed by atoms with Crippen LogP contribution in [0.5, 0.6) is 0 Å². The summed E-state index contributed by atoms with van der Waals surface area (Å²) in [5.41, 5.74) is 0.958. The summed E-state index contributed by atoms with van der Waals surface area (Å²) < 4.78 is 37.9. The molecular weight excluding hydrogens is 449 g/mol. The van der Waals surface area contributed by atoms with Gasteiger partial charge in [-0.25, -0.2) is 9.97 Å². The van der Waals surface area contributed by atoms with Gasteiger partial charge in [0, 0.05) is 24.8 Å². The number of benzene rings is 1. The summed E-state index contributed by atoms with van der Waals surface area (Å²) in [6.45, 7) is 0.997. The van der Waals surface area contributed by atoms with E-state index in [2.05, 4.69) is 15.3 Å². The maximum Gasteiger partial charge on any atom is 0.433 e. The molecule has 0 atom stereocenters. The lowest BCUT2D eigenvalue weighted by atomic mass is 9.84. The van der Waals surface area contributed by atoms with Crippen LogP contribution in [0.3, 0.4) is 0 Å². The molecule has 3 heterocycles. The van der Waals surface area contributed by atoms with Crippen LogP contribution in [0.2, 0.25) is 0 Å². The number of halogens is 3. The lowest BCUT2D eigenvalue weighted by molar-refractivity contribution is -0.141. The molecule has 4 rings (SSSR count). The first kappa shape index (κ1) is 23.7. The van der Waals surface area contributed by atoms with Gasteiger partial charge in [0.1, 0.15) is 11.5 Å². The van der Waals surface area contributed by atoms with Crippen LogP contribution >= 0.6 is 0 Å². The van der Waals surface area contributed by atoms with E-state index in [0.29, 0.717) is 37.4 Å². The maximum atomic E-state index is 12.6. The van der Waals surface area contributed by atoms with Gasteiger partial charge < -0.3 is 15.5 Å². The highest BCUT2D eigenvalue weighted by molar-refractivity contribution is 5.69. The molecule has 1 aliphatic rings. The Bertz CT molecular complexity index is 1130. The topological polar surface area (TPSA) is 98.6 Å². The number of aliphatic hydroxyl groups is 1. The fourth-order valence-electron chi connectivity index (χ4n) is 3.96. The first-order valence-electron chi connectivity index (χ1n) is 10.7. The van der Waals surface area contributed by atoms with Gasteiger partial charge in [0.15, 0.2) is 0 Å². The quantitative estimate of drug-likeness (QED) is 0.493. The van der Waals surface area contributed by atoms with E-state index in [0.717, 1.165) is 29.0 Å². The molecule has 0 amide bonds. The van der Waals surface area contributed by atoms with Crippen LogP contribution in [0, 0.1) is 0 Å². The second-order valence-electron chi connectivity index (χ2n) is 8.27. The largest absolute Gasteiger partial charge is 0.480 e. The predicted octanol–water partition coefficient (Wildman–Crippen LogP) is 4.27. The number of likely N-dealkylation sites (tertiary alicyclic amines) is 1. The van der Waals surface area contributed by atoms with Crippen molar-refractivity contribution in [3.63, 3.8) is 0 Å². The summed E-state index contributed by atoms with van der Waals surface area (Å²) in [5, 5.41) is 22.9. The Balaban J connectivity index is 1.39. The third kappa shape index (κ3) is 5.52. The number of aromatic nitrogens is 2. The number of carboxylic acid groups (broad SMARTS) is 1. The number of hydrogen-bond acceptors (Lipinski definition) is 6. The Kier molecular flexibility index (Phi) is 6.54. The number of piperidine rings is 1. The summed E-state index contributed by atoms with van der Waals surface area (Å²) in [5.74, 6) is -0.412. The van der Waals surface area contributed by atoms with Crippen LogP contribution in [0.4, 0.5) is 24.7 Å². The Labute approximate surface area is 193 Å². The van der Waals surface area contributed by atoms with Gasteiger partial charge in [-0.3, -0.25) is 9.69 Å². The van der Waals surface area contributed by atoms with Gasteiger partial charge in [-0.15, -0.1) is 0 Å². The molecule has 10 heteroatoms. The zero-order valence-electron chi connectivity index (χ0n) is 18.1. The van der Waals surface area contributed by atoms with E-state index >= 15 is 0 Å². The number of carbonyl (C=O) groups is 1. The van der Waals surface area contributed by atoms with Crippen LogP contribution in [-0.4, -0.2) is 50.7 Å². The number of rotatable bonds is 6. The zero-order chi connectivity index (χ0) is 24.3. The van der Waals surface area contributed by atoms with E-state index in [1.165, 1.54) is 6.07 Å². The monoisotopic (exact) mass is 472 g/mol. The van der Waals surface area contributed by atoms with E-state index in [1.54, 1.807) is 12.3 Å². The number of alkyl halides is 3. The van der Waals surface area contributed by atoms with Crippen molar-refractivity contribution in [2.75, 3.05) is 25.0 Å². The molecule has 0 saturated carbocycles. The van der Waals surface area contributed by atoms with Gasteiger partial charge in [0.25, 0.3) is 0 Å². The normalized spacial score (nSPS) is 16.2. The van der Waals surface area contributed by atoms with Gasteiger partial charge in [0.05, 0.1) is 24.0 Å². The molecule has 0 unspecified atom stereocenters. The third-order valence-corrected chi connectivity index (χ3v) is 5.89. The number of nitrogens with one attached hydrogen (secondary N) is 1. The Morgan fingerprint density at radius 3 is 2.18 bits per heavy atom. The highest BCUT2D eigenvalue weighted by atomic mass is 19.4. The number of hydrogen-bond donors (Lipinski definition) is 3. The number of pyridine rings is 2. The molecule has 0 bridgehead atoms. The molecule has 34 heavy (non-hydrogen) atoms. The van der Waals surface area contributed by atoms with Gasteiger partial charge >= 0.3 is 12.1 Å². The molecule has 1 saturated heterocycles. The molecule has 2 aromatic heterocycles. The molecule has 7 nitrogen and oxygen atoms in total. The fraction of sp³-hybridized carbons (Fsp3) is 0.292. The van der Waals surface area contributed by atoms with Crippen molar-refractivity contribution in [2.24, 2.45) is 0 Å². The van der Waals surface area contributed by atoms with Crippen LogP contribution in [0.1, 0.15) is 24.1 Å². The molecule has 3 aromatic rings. The summed E-state index contributed by atoms with van der Waals surface area (Å²) in [6, 6.07) is 13.3. The summed E-state index contributed by atoms with van der Waals surface area (Å²) in [6.07, 6.45) is -0.815. The van der Waals surface area contributed by atoms with Crippen LogP contribution < -0.4 is 5.32 Å². The van der Waals surface area contributed by atoms with E-state index < -0.39 is 23.4 Å². The summed E-state index contributed by atoms with van der Waals surface area (Å²) >= 11 is 0. The maximum absolute atomic E-state index is 12.6. The molecule has 1 aliphatic heterocycles. The summed E-state index contributed by atoms with van der Waals surface area (Å²) in [4.78, 5) is 20.4. The molecule has 1 fully saturated rings. The minimum atomic E-state index is -4.48. The van der Waals surface area contributed by atoms with Crippen molar-refractivity contribution in [3.8, 4) is 11.1 Å². The van der Waals surface area contributed by atoms with Crippen molar-refractivity contribution in [3.05, 3.63) is 72.2 Å². The highest BCUT2D eigenvalue weighted by Gasteiger charge is 2.34. The van der Waals surface area contributed by atoms with E-state index in [4.69, 9.17) is 5.11 Å². The van der Waals surface area contributed by atoms with Gasteiger partial charge in [-0.1, -0.05) is 24.3 Å². The number of nitrogens with zero attached hydrogens (tertiary/aromatic N) is 3.